The number of aryl methyl sites for hydroxylation is 1. The van der Waals surface area contributed by atoms with Gasteiger partial charge in [-0.3, -0.25) is 4.79 Å². The Morgan fingerprint density at radius 1 is 1.18 bits per heavy atom. The Morgan fingerprint density at radius 2 is 1.77 bits per heavy atom. The summed E-state index contributed by atoms with van der Waals surface area (Å²) in [6.45, 7) is 7.61. The van der Waals surface area contributed by atoms with Crippen LogP contribution in [0.15, 0.2) is 24.3 Å². The van der Waals surface area contributed by atoms with E-state index in [2.05, 4.69) is 45.0 Å². The second-order valence-corrected chi connectivity index (χ2v) is 7.10. The van der Waals surface area contributed by atoms with Crippen molar-refractivity contribution in [2.75, 3.05) is 13.2 Å². The monoisotopic (exact) mass is 301 g/mol. The SMILES string of the molecule is Cc1ccc(C(CC(=O)N2C(C)COCC2C)C2CC2)cc1. The Morgan fingerprint density at radius 3 is 2.32 bits per heavy atom. The summed E-state index contributed by atoms with van der Waals surface area (Å²) in [5, 5.41) is 0. The zero-order valence-corrected chi connectivity index (χ0v) is 13.9. The third-order valence-corrected chi connectivity index (χ3v) is 5.05. The van der Waals surface area contributed by atoms with E-state index in [0.29, 0.717) is 37.4 Å². The number of rotatable bonds is 4. The molecular weight excluding hydrogens is 274 g/mol. The maximum absolute atomic E-state index is 12.9. The molecule has 3 atom stereocenters. The number of ether oxygens (including phenoxy) is 1. The van der Waals surface area contributed by atoms with E-state index in [0.717, 1.165) is 0 Å². The average molecular weight is 301 g/mol. The summed E-state index contributed by atoms with van der Waals surface area (Å²) in [7, 11) is 0. The van der Waals surface area contributed by atoms with Crippen LogP contribution in [0.1, 0.15) is 50.2 Å². The van der Waals surface area contributed by atoms with Crippen LogP contribution in [0, 0.1) is 12.8 Å². The second-order valence-electron chi connectivity index (χ2n) is 7.10. The Kier molecular flexibility index (Phi) is 4.53. The molecule has 3 heteroatoms. The molecule has 3 rings (SSSR count). The molecule has 1 heterocycles. The molecule has 1 saturated heterocycles. The molecular formula is C19H27NO2. The Hall–Kier alpha value is -1.35. The van der Waals surface area contributed by atoms with Gasteiger partial charge < -0.3 is 9.64 Å². The minimum absolute atomic E-state index is 0.189. The molecule has 22 heavy (non-hydrogen) atoms. The van der Waals surface area contributed by atoms with Gasteiger partial charge in [-0.2, -0.15) is 0 Å². The van der Waals surface area contributed by atoms with Crippen LogP contribution >= 0.6 is 0 Å². The minimum Gasteiger partial charge on any atom is -0.377 e. The molecule has 1 aliphatic carbocycles. The third kappa shape index (κ3) is 3.35. The van der Waals surface area contributed by atoms with Crippen molar-refractivity contribution in [1.82, 2.24) is 4.90 Å². The number of amides is 1. The van der Waals surface area contributed by atoms with Crippen LogP contribution in [-0.4, -0.2) is 36.1 Å². The summed E-state index contributed by atoms with van der Waals surface area (Å²) in [4.78, 5) is 14.9. The summed E-state index contributed by atoms with van der Waals surface area (Å²) >= 11 is 0. The average Bonchev–Trinajstić information content (AvgIpc) is 3.30. The first kappa shape index (κ1) is 15.5. The summed E-state index contributed by atoms with van der Waals surface area (Å²) in [5.74, 6) is 1.37. The van der Waals surface area contributed by atoms with E-state index >= 15 is 0 Å². The van der Waals surface area contributed by atoms with E-state index in [-0.39, 0.29) is 12.1 Å². The smallest absolute Gasteiger partial charge is 0.223 e. The van der Waals surface area contributed by atoms with E-state index in [1.807, 2.05) is 4.90 Å². The predicted octanol–water partition coefficient (Wildman–Crippen LogP) is 3.51. The Bertz CT molecular complexity index is 511. The molecule has 0 bridgehead atoms. The molecule has 0 N–H and O–H groups in total. The van der Waals surface area contributed by atoms with Gasteiger partial charge in [0.25, 0.3) is 0 Å². The van der Waals surface area contributed by atoms with Crippen molar-refractivity contribution in [3.05, 3.63) is 35.4 Å². The fourth-order valence-electron chi connectivity index (χ4n) is 3.66. The lowest BCUT2D eigenvalue weighted by Crippen LogP contribution is -2.52. The number of carbonyl (C=O) groups excluding carboxylic acids is 1. The van der Waals surface area contributed by atoms with Crippen molar-refractivity contribution in [2.45, 2.75) is 58.0 Å². The zero-order valence-electron chi connectivity index (χ0n) is 13.9. The predicted molar refractivity (Wildman–Crippen MR) is 87.9 cm³/mol. The van der Waals surface area contributed by atoms with Crippen molar-refractivity contribution >= 4 is 5.91 Å². The summed E-state index contributed by atoms with van der Waals surface area (Å²) in [6, 6.07) is 9.11. The highest BCUT2D eigenvalue weighted by Gasteiger charge is 2.37. The van der Waals surface area contributed by atoms with Gasteiger partial charge in [0, 0.05) is 6.42 Å². The van der Waals surface area contributed by atoms with Crippen molar-refractivity contribution in [2.24, 2.45) is 5.92 Å². The van der Waals surface area contributed by atoms with Crippen LogP contribution in [0.3, 0.4) is 0 Å². The molecule has 1 aliphatic heterocycles. The first-order chi connectivity index (χ1) is 10.6. The van der Waals surface area contributed by atoms with Gasteiger partial charge in [-0.1, -0.05) is 29.8 Å². The molecule has 120 valence electrons. The van der Waals surface area contributed by atoms with Crippen molar-refractivity contribution in [1.29, 1.82) is 0 Å². The normalized spacial score (nSPS) is 26.8. The number of carbonyl (C=O) groups is 1. The third-order valence-electron chi connectivity index (χ3n) is 5.05. The molecule has 1 aromatic carbocycles. The molecule has 1 saturated carbocycles. The largest absolute Gasteiger partial charge is 0.377 e. The molecule has 3 nitrogen and oxygen atoms in total. The molecule has 1 amide bonds. The second kappa shape index (κ2) is 6.41. The number of hydrogen-bond donors (Lipinski definition) is 0. The van der Waals surface area contributed by atoms with Crippen LogP contribution < -0.4 is 0 Å². The first-order valence-corrected chi connectivity index (χ1v) is 8.51. The summed E-state index contributed by atoms with van der Waals surface area (Å²) in [5.41, 5.74) is 2.61. The Labute approximate surface area is 133 Å². The molecule has 0 radical (unpaired) electrons. The lowest BCUT2D eigenvalue weighted by atomic mass is 9.89. The standard InChI is InChI=1S/C19H27NO2/c1-13-4-6-16(7-5-13)18(17-8-9-17)10-19(21)20-14(2)11-22-12-15(20)3/h4-7,14-15,17-18H,8-12H2,1-3H3. The fourth-order valence-corrected chi connectivity index (χ4v) is 3.66. The minimum atomic E-state index is 0.189. The van der Waals surface area contributed by atoms with Crippen LogP contribution in [0.4, 0.5) is 0 Å². The van der Waals surface area contributed by atoms with Crippen LogP contribution in [0.25, 0.3) is 0 Å². The van der Waals surface area contributed by atoms with Gasteiger partial charge in [0.2, 0.25) is 5.91 Å². The first-order valence-electron chi connectivity index (χ1n) is 8.51. The quantitative estimate of drug-likeness (QED) is 0.851. The number of morpholine rings is 1. The van der Waals surface area contributed by atoms with Gasteiger partial charge in [-0.25, -0.2) is 0 Å². The topological polar surface area (TPSA) is 29.5 Å². The van der Waals surface area contributed by atoms with E-state index in [1.54, 1.807) is 0 Å². The molecule has 3 unspecified atom stereocenters. The number of nitrogens with zero attached hydrogens (tertiary/aromatic N) is 1. The molecule has 2 aliphatic rings. The lowest BCUT2D eigenvalue weighted by molar-refractivity contribution is -0.144. The van der Waals surface area contributed by atoms with Crippen molar-refractivity contribution in [3.63, 3.8) is 0 Å². The molecule has 0 spiro atoms. The van der Waals surface area contributed by atoms with Gasteiger partial charge in [-0.15, -0.1) is 0 Å². The van der Waals surface area contributed by atoms with Crippen LogP contribution in [0.5, 0.6) is 0 Å². The van der Waals surface area contributed by atoms with E-state index in [4.69, 9.17) is 4.74 Å². The molecule has 2 fully saturated rings. The number of benzene rings is 1. The molecule has 0 aromatic heterocycles. The van der Waals surface area contributed by atoms with Crippen molar-refractivity contribution < 1.29 is 9.53 Å². The number of hydrogen-bond acceptors (Lipinski definition) is 2. The van der Waals surface area contributed by atoms with Gasteiger partial charge in [0.05, 0.1) is 25.3 Å². The van der Waals surface area contributed by atoms with Gasteiger partial charge in [0.1, 0.15) is 0 Å². The van der Waals surface area contributed by atoms with Crippen LogP contribution in [0.2, 0.25) is 0 Å². The molecule has 1 aromatic rings. The lowest BCUT2D eigenvalue weighted by Gasteiger charge is -2.39. The summed E-state index contributed by atoms with van der Waals surface area (Å²) < 4.78 is 5.54. The zero-order chi connectivity index (χ0) is 15.7. The van der Waals surface area contributed by atoms with Gasteiger partial charge in [0.15, 0.2) is 0 Å². The maximum Gasteiger partial charge on any atom is 0.223 e. The summed E-state index contributed by atoms with van der Waals surface area (Å²) in [6.07, 6.45) is 3.17. The van der Waals surface area contributed by atoms with Gasteiger partial charge >= 0.3 is 0 Å². The fraction of sp³-hybridized carbons (Fsp3) is 0.632. The van der Waals surface area contributed by atoms with E-state index in [1.165, 1.54) is 24.0 Å². The maximum atomic E-state index is 12.9. The highest BCUT2D eigenvalue weighted by atomic mass is 16.5. The van der Waals surface area contributed by atoms with Crippen LogP contribution in [-0.2, 0) is 9.53 Å². The van der Waals surface area contributed by atoms with E-state index < -0.39 is 0 Å². The van der Waals surface area contributed by atoms with E-state index in [9.17, 15) is 4.79 Å². The highest BCUT2D eigenvalue weighted by molar-refractivity contribution is 5.78. The van der Waals surface area contributed by atoms with Gasteiger partial charge in [-0.05, 0) is 51.0 Å². The highest BCUT2D eigenvalue weighted by Crippen LogP contribution is 2.45. The Balaban J connectivity index is 1.73. The van der Waals surface area contributed by atoms with Crippen molar-refractivity contribution in [3.8, 4) is 0 Å².